The van der Waals surface area contributed by atoms with Gasteiger partial charge in [-0.15, -0.1) is 11.3 Å². The van der Waals surface area contributed by atoms with Gasteiger partial charge in [-0.1, -0.05) is 18.2 Å². The van der Waals surface area contributed by atoms with Crippen molar-refractivity contribution in [2.24, 2.45) is 5.73 Å². The molecule has 1 unspecified atom stereocenters. The summed E-state index contributed by atoms with van der Waals surface area (Å²) >= 11 is 1.70. The van der Waals surface area contributed by atoms with Crippen LogP contribution >= 0.6 is 11.3 Å². The van der Waals surface area contributed by atoms with Crippen molar-refractivity contribution in [3.05, 3.63) is 52.2 Å². The van der Waals surface area contributed by atoms with Crippen LogP contribution in [0.2, 0.25) is 0 Å². The molecule has 1 aromatic carbocycles. The third-order valence-corrected chi connectivity index (χ3v) is 3.19. The zero-order chi connectivity index (χ0) is 11.4. The Morgan fingerprint density at radius 2 is 2.19 bits per heavy atom. The molecule has 1 aromatic heterocycles. The molecule has 0 aliphatic rings. The van der Waals surface area contributed by atoms with E-state index in [9.17, 15) is 0 Å². The van der Waals surface area contributed by atoms with Crippen molar-refractivity contribution in [2.75, 3.05) is 0 Å². The van der Waals surface area contributed by atoms with Gasteiger partial charge in [0.1, 0.15) is 12.4 Å². The molecule has 0 bridgehead atoms. The summed E-state index contributed by atoms with van der Waals surface area (Å²) in [6.45, 7) is 2.60. The Balaban J connectivity index is 2.01. The fourth-order valence-corrected chi connectivity index (χ4v) is 2.05. The third kappa shape index (κ3) is 2.84. The maximum Gasteiger partial charge on any atom is 0.122 e. The smallest absolute Gasteiger partial charge is 0.122 e. The molecule has 1 atom stereocenters. The molecule has 0 fully saturated rings. The van der Waals surface area contributed by atoms with E-state index in [4.69, 9.17) is 10.5 Å². The first-order valence-corrected chi connectivity index (χ1v) is 6.14. The van der Waals surface area contributed by atoms with Crippen LogP contribution in [-0.4, -0.2) is 0 Å². The van der Waals surface area contributed by atoms with Crippen molar-refractivity contribution >= 4 is 11.3 Å². The van der Waals surface area contributed by atoms with Gasteiger partial charge >= 0.3 is 0 Å². The third-order valence-electron chi connectivity index (χ3n) is 2.35. The zero-order valence-corrected chi connectivity index (χ0v) is 10.0. The minimum absolute atomic E-state index is 0.0466. The fourth-order valence-electron chi connectivity index (χ4n) is 1.44. The number of ether oxygens (including phenoxy) is 1. The second-order valence-electron chi connectivity index (χ2n) is 3.73. The van der Waals surface area contributed by atoms with E-state index in [0.717, 1.165) is 11.3 Å². The van der Waals surface area contributed by atoms with Gasteiger partial charge in [-0.25, -0.2) is 0 Å². The molecular weight excluding hydrogens is 218 g/mol. The lowest BCUT2D eigenvalue weighted by atomic mass is 10.1. The predicted molar refractivity (Wildman–Crippen MR) is 67.7 cm³/mol. The number of thiophene rings is 1. The normalized spacial score (nSPS) is 12.4. The average molecular weight is 233 g/mol. The summed E-state index contributed by atoms with van der Waals surface area (Å²) in [5.74, 6) is 0.878. The predicted octanol–water partition coefficient (Wildman–Crippen LogP) is 3.35. The van der Waals surface area contributed by atoms with Crippen molar-refractivity contribution < 1.29 is 4.74 Å². The summed E-state index contributed by atoms with van der Waals surface area (Å²) in [5, 5.41) is 2.05. The van der Waals surface area contributed by atoms with Crippen LogP contribution in [0.25, 0.3) is 0 Å². The molecule has 0 saturated heterocycles. The van der Waals surface area contributed by atoms with Crippen LogP contribution in [0.3, 0.4) is 0 Å². The van der Waals surface area contributed by atoms with Crippen molar-refractivity contribution in [3.8, 4) is 5.75 Å². The van der Waals surface area contributed by atoms with E-state index in [-0.39, 0.29) is 6.04 Å². The molecule has 0 radical (unpaired) electrons. The lowest BCUT2D eigenvalue weighted by molar-refractivity contribution is 0.309. The molecule has 0 aliphatic carbocycles. The monoisotopic (exact) mass is 233 g/mol. The maximum atomic E-state index is 5.82. The van der Waals surface area contributed by atoms with Crippen LogP contribution < -0.4 is 10.5 Å². The summed E-state index contributed by atoms with van der Waals surface area (Å²) in [5.41, 5.74) is 6.92. The van der Waals surface area contributed by atoms with E-state index in [1.54, 1.807) is 11.3 Å². The van der Waals surface area contributed by atoms with Crippen molar-refractivity contribution in [3.63, 3.8) is 0 Å². The maximum absolute atomic E-state index is 5.82. The molecule has 1 heterocycles. The first-order valence-electron chi connectivity index (χ1n) is 5.26. The van der Waals surface area contributed by atoms with Gasteiger partial charge < -0.3 is 10.5 Å². The standard InChI is InChI=1S/C13H15NOS/c1-10(14)11-4-2-5-12(8-11)15-9-13-6-3-7-16-13/h2-8,10H,9,14H2,1H3. The molecule has 0 saturated carbocycles. The van der Waals surface area contributed by atoms with Crippen molar-refractivity contribution in [1.29, 1.82) is 0 Å². The topological polar surface area (TPSA) is 35.2 Å². The van der Waals surface area contributed by atoms with Gasteiger partial charge in [-0.05, 0) is 36.1 Å². The van der Waals surface area contributed by atoms with Gasteiger partial charge in [-0.3, -0.25) is 0 Å². The van der Waals surface area contributed by atoms with Crippen molar-refractivity contribution in [1.82, 2.24) is 0 Å². The van der Waals surface area contributed by atoms with Crippen LogP contribution in [0.4, 0.5) is 0 Å². The highest BCUT2D eigenvalue weighted by Crippen LogP contribution is 2.19. The fraction of sp³-hybridized carbons (Fsp3) is 0.231. The highest BCUT2D eigenvalue weighted by atomic mass is 32.1. The Kier molecular flexibility index (Phi) is 3.59. The lowest BCUT2D eigenvalue weighted by Crippen LogP contribution is -2.05. The van der Waals surface area contributed by atoms with Crippen LogP contribution in [0.15, 0.2) is 41.8 Å². The molecule has 0 spiro atoms. The van der Waals surface area contributed by atoms with E-state index >= 15 is 0 Å². The Labute approximate surface area is 99.7 Å². The van der Waals surface area contributed by atoms with Gasteiger partial charge in [0.2, 0.25) is 0 Å². The highest BCUT2D eigenvalue weighted by Gasteiger charge is 2.01. The number of hydrogen-bond donors (Lipinski definition) is 1. The van der Waals surface area contributed by atoms with E-state index in [1.165, 1.54) is 4.88 Å². The van der Waals surface area contributed by atoms with Gasteiger partial charge in [0.25, 0.3) is 0 Å². The first-order chi connectivity index (χ1) is 7.75. The molecule has 0 amide bonds. The second-order valence-corrected chi connectivity index (χ2v) is 4.76. The highest BCUT2D eigenvalue weighted by molar-refractivity contribution is 7.09. The lowest BCUT2D eigenvalue weighted by Gasteiger charge is -2.09. The number of hydrogen-bond acceptors (Lipinski definition) is 3. The van der Waals surface area contributed by atoms with Gasteiger partial charge in [-0.2, -0.15) is 0 Å². The van der Waals surface area contributed by atoms with E-state index in [2.05, 4.69) is 11.4 Å². The van der Waals surface area contributed by atoms with E-state index in [1.807, 2.05) is 37.3 Å². The van der Waals surface area contributed by atoms with E-state index < -0.39 is 0 Å². The SMILES string of the molecule is CC(N)c1cccc(OCc2cccs2)c1. The van der Waals surface area contributed by atoms with E-state index in [0.29, 0.717) is 6.61 Å². The van der Waals surface area contributed by atoms with Gasteiger partial charge in [0, 0.05) is 10.9 Å². The summed E-state index contributed by atoms with van der Waals surface area (Å²) in [4.78, 5) is 1.23. The quantitative estimate of drug-likeness (QED) is 0.879. The Morgan fingerprint density at radius 3 is 2.88 bits per heavy atom. The van der Waals surface area contributed by atoms with Gasteiger partial charge in [0.05, 0.1) is 0 Å². The van der Waals surface area contributed by atoms with Crippen molar-refractivity contribution in [2.45, 2.75) is 19.6 Å². The van der Waals surface area contributed by atoms with Crippen LogP contribution in [0, 0.1) is 0 Å². The summed E-state index contributed by atoms with van der Waals surface area (Å²) in [6, 6.07) is 12.1. The number of rotatable bonds is 4. The summed E-state index contributed by atoms with van der Waals surface area (Å²) < 4.78 is 5.70. The molecule has 2 nitrogen and oxygen atoms in total. The Bertz CT molecular complexity index is 437. The molecule has 2 N–H and O–H groups in total. The largest absolute Gasteiger partial charge is 0.488 e. The zero-order valence-electron chi connectivity index (χ0n) is 9.22. The first kappa shape index (κ1) is 11.2. The average Bonchev–Trinajstić information content (AvgIpc) is 2.79. The molecular formula is C13H15NOS. The molecule has 3 heteroatoms. The van der Waals surface area contributed by atoms with Gasteiger partial charge in [0.15, 0.2) is 0 Å². The number of benzene rings is 1. The second kappa shape index (κ2) is 5.14. The number of nitrogens with two attached hydrogens (primary N) is 1. The van der Waals surface area contributed by atoms with Crippen LogP contribution in [0.5, 0.6) is 5.75 Å². The Hall–Kier alpha value is -1.32. The molecule has 16 heavy (non-hydrogen) atoms. The van der Waals surface area contributed by atoms with Crippen LogP contribution in [-0.2, 0) is 6.61 Å². The summed E-state index contributed by atoms with van der Waals surface area (Å²) in [7, 11) is 0. The molecule has 84 valence electrons. The minimum atomic E-state index is 0.0466. The molecule has 2 aromatic rings. The minimum Gasteiger partial charge on any atom is -0.488 e. The summed E-state index contributed by atoms with van der Waals surface area (Å²) in [6.07, 6.45) is 0. The Morgan fingerprint density at radius 1 is 1.31 bits per heavy atom. The molecule has 2 rings (SSSR count). The molecule has 0 aliphatic heterocycles. The van der Waals surface area contributed by atoms with Crippen LogP contribution in [0.1, 0.15) is 23.4 Å².